The zero-order valence-electron chi connectivity index (χ0n) is 8.62. The molecule has 2 heteroatoms. The topological polar surface area (TPSA) is 38.9 Å². The molecular formula is C11H18N2. The summed E-state index contributed by atoms with van der Waals surface area (Å²) < 4.78 is 0. The van der Waals surface area contributed by atoms with Crippen LogP contribution in [0.25, 0.3) is 0 Å². The van der Waals surface area contributed by atoms with Crippen LogP contribution in [0.4, 0.5) is 0 Å². The molecular weight excluding hydrogens is 160 g/mol. The van der Waals surface area contributed by atoms with E-state index in [1.807, 2.05) is 18.5 Å². The molecule has 2 nitrogen and oxygen atoms in total. The van der Waals surface area contributed by atoms with Crippen LogP contribution in [-0.2, 0) is 6.42 Å². The van der Waals surface area contributed by atoms with Crippen LogP contribution < -0.4 is 5.73 Å². The average molecular weight is 178 g/mol. The second kappa shape index (κ2) is 4.38. The standard InChI is InChI=1S/C11H18N2/c1-8(2)11(12)6-10-7-13-5-4-9(10)3/h4-5,7-8,11H,6,12H2,1-3H3. The van der Waals surface area contributed by atoms with Gasteiger partial charge in [-0.1, -0.05) is 13.8 Å². The molecule has 2 N–H and O–H groups in total. The van der Waals surface area contributed by atoms with Gasteiger partial charge in [-0.3, -0.25) is 4.98 Å². The van der Waals surface area contributed by atoms with Gasteiger partial charge in [-0.05, 0) is 36.5 Å². The summed E-state index contributed by atoms with van der Waals surface area (Å²) in [6.07, 6.45) is 4.66. The van der Waals surface area contributed by atoms with Crippen LogP contribution in [-0.4, -0.2) is 11.0 Å². The first-order valence-electron chi connectivity index (χ1n) is 4.76. The van der Waals surface area contributed by atoms with Crippen LogP contribution >= 0.6 is 0 Å². The van der Waals surface area contributed by atoms with Crippen molar-refractivity contribution in [3.8, 4) is 0 Å². The first kappa shape index (κ1) is 10.2. The number of nitrogens with zero attached hydrogens (tertiary/aromatic N) is 1. The molecule has 1 atom stereocenters. The van der Waals surface area contributed by atoms with E-state index in [4.69, 9.17) is 5.73 Å². The van der Waals surface area contributed by atoms with E-state index in [1.165, 1.54) is 11.1 Å². The Balaban J connectivity index is 2.69. The second-order valence-corrected chi connectivity index (χ2v) is 3.91. The minimum absolute atomic E-state index is 0.239. The fourth-order valence-electron chi connectivity index (χ4n) is 1.20. The van der Waals surface area contributed by atoms with Crippen molar-refractivity contribution in [1.29, 1.82) is 0 Å². The van der Waals surface area contributed by atoms with Gasteiger partial charge >= 0.3 is 0 Å². The lowest BCUT2D eigenvalue weighted by Gasteiger charge is -2.16. The summed E-state index contributed by atoms with van der Waals surface area (Å²) >= 11 is 0. The maximum atomic E-state index is 5.99. The molecule has 0 aliphatic carbocycles. The highest BCUT2D eigenvalue weighted by atomic mass is 14.7. The van der Waals surface area contributed by atoms with Crippen molar-refractivity contribution in [2.45, 2.75) is 33.2 Å². The van der Waals surface area contributed by atoms with Crippen LogP contribution in [0.2, 0.25) is 0 Å². The fourth-order valence-corrected chi connectivity index (χ4v) is 1.20. The zero-order chi connectivity index (χ0) is 9.84. The van der Waals surface area contributed by atoms with Crippen molar-refractivity contribution < 1.29 is 0 Å². The Hall–Kier alpha value is -0.890. The summed E-state index contributed by atoms with van der Waals surface area (Å²) in [6.45, 7) is 6.40. The van der Waals surface area contributed by atoms with E-state index in [0.717, 1.165) is 6.42 Å². The molecule has 0 fully saturated rings. The number of hydrogen-bond acceptors (Lipinski definition) is 2. The molecule has 1 rings (SSSR count). The highest BCUT2D eigenvalue weighted by molar-refractivity contribution is 5.22. The maximum Gasteiger partial charge on any atom is 0.0303 e. The Morgan fingerprint density at radius 2 is 2.15 bits per heavy atom. The summed E-state index contributed by atoms with van der Waals surface area (Å²) in [5.74, 6) is 0.527. The minimum atomic E-state index is 0.239. The number of pyridine rings is 1. The number of aromatic nitrogens is 1. The zero-order valence-corrected chi connectivity index (χ0v) is 8.62. The lowest BCUT2D eigenvalue weighted by Crippen LogP contribution is -2.29. The van der Waals surface area contributed by atoms with E-state index in [-0.39, 0.29) is 6.04 Å². The van der Waals surface area contributed by atoms with Gasteiger partial charge in [0.2, 0.25) is 0 Å². The lowest BCUT2D eigenvalue weighted by molar-refractivity contribution is 0.489. The smallest absolute Gasteiger partial charge is 0.0303 e. The Morgan fingerprint density at radius 3 is 2.69 bits per heavy atom. The highest BCUT2D eigenvalue weighted by Crippen LogP contribution is 2.10. The SMILES string of the molecule is Cc1ccncc1CC(N)C(C)C. The van der Waals surface area contributed by atoms with E-state index < -0.39 is 0 Å². The molecule has 1 aromatic heterocycles. The second-order valence-electron chi connectivity index (χ2n) is 3.91. The van der Waals surface area contributed by atoms with Gasteiger partial charge in [-0.2, -0.15) is 0 Å². The van der Waals surface area contributed by atoms with E-state index in [9.17, 15) is 0 Å². The Morgan fingerprint density at radius 1 is 1.46 bits per heavy atom. The predicted molar refractivity (Wildman–Crippen MR) is 55.5 cm³/mol. The van der Waals surface area contributed by atoms with Gasteiger partial charge in [0.05, 0.1) is 0 Å². The summed E-state index contributed by atoms with van der Waals surface area (Å²) in [5.41, 5.74) is 8.54. The number of rotatable bonds is 3. The predicted octanol–water partition coefficient (Wildman–Crippen LogP) is 1.92. The molecule has 0 saturated carbocycles. The van der Waals surface area contributed by atoms with E-state index in [0.29, 0.717) is 5.92 Å². The molecule has 1 aromatic rings. The fraction of sp³-hybridized carbons (Fsp3) is 0.545. The van der Waals surface area contributed by atoms with Crippen molar-refractivity contribution in [3.05, 3.63) is 29.6 Å². The Kier molecular flexibility index (Phi) is 3.43. The molecule has 0 aliphatic heterocycles. The third kappa shape index (κ3) is 2.81. The number of aryl methyl sites for hydroxylation is 1. The van der Waals surface area contributed by atoms with Crippen LogP contribution in [0.5, 0.6) is 0 Å². The summed E-state index contributed by atoms with van der Waals surface area (Å²) in [4.78, 5) is 4.10. The lowest BCUT2D eigenvalue weighted by atomic mass is 9.96. The minimum Gasteiger partial charge on any atom is -0.327 e. The first-order valence-corrected chi connectivity index (χ1v) is 4.76. The molecule has 1 unspecified atom stereocenters. The third-order valence-electron chi connectivity index (χ3n) is 2.46. The van der Waals surface area contributed by atoms with Gasteiger partial charge in [-0.15, -0.1) is 0 Å². The Bertz CT molecular complexity index is 269. The van der Waals surface area contributed by atoms with Crippen molar-refractivity contribution in [1.82, 2.24) is 4.98 Å². The third-order valence-corrected chi connectivity index (χ3v) is 2.46. The molecule has 1 heterocycles. The van der Waals surface area contributed by atoms with Gasteiger partial charge in [0.1, 0.15) is 0 Å². The van der Waals surface area contributed by atoms with Gasteiger partial charge in [0.15, 0.2) is 0 Å². The molecule has 0 aliphatic rings. The molecule has 0 radical (unpaired) electrons. The molecule has 0 aromatic carbocycles. The molecule has 0 amide bonds. The molecule has 13 heavy (non-hydrogen) atoms. The summed E-state index contributed by atoms with van der Waals surface area (Å²) in [5, 5.41) is 0. The Labute approximate surface area is 80.2 Å². The van der Waals surface area contributed by atoms with Gasteiger partial charge in [0.25, 0.3) is 0 Å². The monoisotopic (exact) mass is 178 g/mol. The number of nitrogens with two attached hydrogens (primary N) is 1. The van der Waals surface area contributed by atoms with Crippen LogP contribution in [0, 0.1) is 12.8 Å². The van der Waals surface area contributed by atoms with Crippen LogP contribution in [0.15, 0.2) is 18.5 Å². The molecule has 0 saturated heterocycles. The average Bonchev–Trinajstić information content (AvgIpc) is 2.08. The van der Waals surface area contributed by atoms with E-state index in [2.05, 4.69) is 25.8 Å². The number of hydrogen-bond donors (Lipinski definition) is 1. The van der Waals surface area contributed by atoms with Crippen molar-refractivity contribution in [2.24, 2.45) is 11.7 Å². The largest absolute Gasteiger partial charge is 0.327 e. The van der Waals surface area contributed by atoms with Crippen LogP contribution in [0.3, 0.4) is 0 Å². The van der Waals surface area contributed by atoms with Gasteiger partial charge in [0, 0.05) is 18.4 Å². The normalized spacial score (nSPS) is 13.3. The first-order chi connectivity index (χ1) is 6.11. The summed E-state index contributed by atoms with van der Waals surface area (Å²) in [7, 11) is 0. The van der Waals surface area contributed by atoms with E-state index in [1.54, 1.807) is 0 Å². The van der Waals surface area contributed by atoms with Crippen LogP contribution in [0.1, 0.15) is 25.0 Å². The quantitative estimate of drug-likeness (QED) is 0.768. The van der Waals surface area contributed by atoms with Gasteiger partial charge < -0.3 is 5.73 Å². The maximum absolute atomic E-state index is 5.99. The van der Waals surface area contributed by atoms with E-state index >= 15 is 0 Å². The molecule has 0 spiro atoms. The molecule has 0 bridgehead atoms. The van der Waals surface area contributed by atoms with Crippen molar-refractivity contribution in [3.63, 3.8) is 0 Å². The van der Waals surface area contributed by atoms with Crippen molar-refractivity contribution in [2.75, 3.05) is 0 Å². The van der Waals surface area contributed by atoms with Crippen molar-refractivity contribution >= 4 is 0 Å². The summed E-state index contributed by atoms with van der Waals surface area (Å²) in [6, 6.07) is 2.27. The highest BCUT2D eigenvalue weighted by Gasteiger charge is 2.09. The molecule has 72 valence electrons. The van der Waals surface area contributed by atoms with Gasteiger partial charge in [-0.25, -0.2) is 0 Å².